The van der Waals surface area contributed by atoms with E-state index in [4.69, 9.17) is 11.6 Å². The lowest BCUT2D eigenvalue weighted by Gasteiger charge is -2.39. The van der Waals surface area contributed by atoms with Gasteiger partial charge in [-0.25, -0.2) is 0 Å². The molecular formula is C22H29ClN2O2. The minimum atomic E-state index is -0.392. The quantitative estimate of drug-likeness (QED) is 0.784. The maximum Gasteiger partial charge on any atom is 0.233 e. The average molecular weight is 389 g/mol. The van der Waals surface area contributed by atoms with Crippen LogP contribution in [0.5, 0.6) is 0 Å². The molecule has 2 saturated heterocycles. The number of amides is 2. The molecule has 0 spiro atoms. The van der Waals surface area contributed by atoms with E-state index < -0.39 is 5.41 Å². The molecule has 1 aromatic rings. The van der Waals surface area contributed by atoms with E-state index in [1.165, 1.54) is 0 Å². The van der Waals surface area contributed by atoms with Gasteiger partial charge < -0.3 is 9.80 Å². The van der Waals surface area contributed by atoms with Gasteiger partial charge in [-0.2, -0.15) is 0 Å². The Morgan fingerprint density at radius 2 is 1.44 bits per heavy atom. The van der Waals surface area contributed by atoms with Gasteiger partial charge in [-0.05, 0) is 56.2 Å². The molecule has 0 unspecified atom stereocenters. The first-order chi connectivity index (χ1) is 13.1. The highest BCUT2D eigenvalue weighted by Crippen LogP contribution is 2.43. The molecule has 2 heterocycles. The van der Waals surface area contributed by atoms with E-state index in [1.807, 2.05) is 34.1 Å². The van der Waals surface area contributed by atoms with Crippen molar-refractivity contribution in [3.63, 3.8) is 0 Å². The van der Waals surface area contributed by atoms with Crippen molar-refractivity contribution in [2.75, 3.05) is 26.2 Å². The lowest BCUT2D eigenvalue weighted by atomic mass is 9.77. The van der Waals surface area contributed by atoms with Crippen LogP contribution >= 0.6 is 11.6 Å². The smallest absolute Gasteiger partial charge is 0.233 e. The van der Waals surface area contributed by atoms with E-state index in [-0.39, 0.29) is 11.8 Å². The summed E-state index contributed by atoms with van der Waals surface area (Å²) >= 11 is 6.06. The molecule has 27 heavy (non-hydrogen) atoms. The van der Waals surface area contributed by atoms with Crippen molar-refractivity contribution in [2.24, 2.45) is 5.92 Å². The van der Waals surface area contributed by atoms with Crippen LogP contribution in [-0.4, -0.2) is 47.8 Å². The SMILES string of the molecule is O=C(C1CCN(C(=O)C2(c3ccc(Cl)cc3)CCCC2)CC1)N1CCCC1. The van der Waals surface area contributed by atoms with Crippen LogP contribution < -0.4 is 0 Å². The number of hydrogen-bond donors (Lipinski definition) is 0. The number of benzene rings is 1. The largest absolute Gasteiger partial charge is 0.342 e. The summed E-state index contributed by atoms with van der Waals surface area (Å²) in [7, 11) is 0. The maximum atomic E-state index is 13.5. The zero-order chi connectivity index (χ0) is 18.9. The van der Waals surface area contributed by atoms with E-state index in [1.54, 1.807) is 0 Å². The number of carbonyl (C=O) groups excluding carboxylic acids is 2. The van der Waals surface area contributed by atoms with Crippen LogP contribution in [0.3, 0.4) is 0 Å². The van der Waals surface area contributed by atoms with E-state index in [0.29, 0.717) is 24.0 Å². The molecule has 2 aliphatic heterocycles. The van der Waals surface area contributed by atoms with E-state index in [2.05, 4.69) is 0 Å². The van der Waals surface area contributed by atoms with Gasteiger partial charge in [0, 0.05) is 37.1 Å². The Labute approximate surface area is 166 Å². The van der Waals surface area contributed by atoms with Crippen molar-refractivity contribution in [3.8, 4) is 0 Å². The van der Waals surface area contributed by atoms with Crippen molar-refractivity contribution in [2.45, 2.75) is 56.8 Å². The Balaban J connectivity index is 1.44. The van der Waals surface area contributed by atoms with Gasteiger partial charge in [-0.3, -0.25) is 9.59 Å². The summed E-state index contributed by atoms with van der Waals surface area (Å²) in [6.07, 6.45) is 7.89. The predicted molar refractivity (Wildman–Crippen MR) is 107 cm³/mol. The van der Waals surface area contributed by atoms with Gasteiger partial charge in [0.25, 0.3) is 0 Å². The summed E-state index contributed by atoms with van der Waals surface area (Å²) in [5, 5.41) is 0.709. The van der Waals surface area contributed by atoms with Crippen LogP contribution in [0.2, 0.25) is 5.02 Å². The molecule has 3 aliphatic rings. The molecule has 3 fully saturated rings. The number of piperidine rings is 1. The normalized spacial score (nSPS) is 23.0. The molecule has 2 amide bonds. The summed E-state index contributed by atoms with van der Waals surface area (Å²) in [6, 6.07) is 7.83. The molecule has 4 nitrogen and oxygen atoms in total. The number of likely N-dealkylation sites (tertiary alicyclic amines) is 2. The predicted octanol–water partition coefficient (Wildman–Crippen LogP) is 4.01. The minimum absolute atomic E-state index is 0.0993. The molecule has 0 radical (unpaired) electrons. The standard InChI is InChI=1S/C22H29ClN2O2/c23-19-7-5-18(6-8-19)22(11-1-2-12-22)21(27)25-15-9-17(10-16-25)20(26)24-13-3-4-14-24/h5-8,17H,1-4,9-16H2. The minimum Gasteiger partial charge on any atom is -0.342 e. The average Bonchev–Trinajstić information content (AvgIpc) is 3.40. The van der Waals surface area contributed by atoms with Crippen molar-refractivity contribution in [3.05, 3.63) is 34.9 Å². The highest BCUT2D eigenvalue weighted by Gasteiger charge is 2.45. The molecule has 146 valence electrons. The van der Waals surface area contributed by atoms with Gasteiger partial charge in [0.2, 0.25) is 11.8 Å². The van der Waals surface area contributed by atoms with E-state index in [9.17, 15) is 9.59 Å². The summed E-state index contributed by atoms with van der Waals surface area (Å²) in [6.45, 7) is 3.24. The molecule has 1 aliphatic carbocycles. The lowest BCUT2D eigenvalue weighted by Crippen LogP contribution is -2.50. The second-order valence-corrected chi connectivity index (χ2v) is 8.83. The number of hydrogen-bond acceptors (Lipinski definition) is 2. The molecule has 0 atom stereocenters. The fourth-order valence-corrected chi connectivity index (χ4v) is 5.33. The van der Waals surface area contributed by atoms with Crippen LogP contribution in [0.15, 0.2) is 24.3 Å². The Bertz CT molecular complexity index is 683. The highest BCUT2D eigenvalue weighted by atomic mass is 35.5. The Hall–Kier alpha value is -1.55. The number of halogens is 1. The second kappa shape index (κ2) is 7.83. The lowest BCUT2D eigenvalue weighted by molar-refractivity contribution is -0.143. The van der Waals surface area contributed by atoms with Crippen LogP contribution in [0.25, 0.3) is 0 Å². The number of nitrogens with zero attached hydrogens (tertiary/aromatic N) is 2. The van der Waals surface area contributed by atoms with Gasteiger partial charge in [-0.15, -0.1) is 0 Å². The van der Waals surface area contributed by atoms with Crippen molar-refractivity contribution < 1.29 is 9.59 Å². The Kier molecular flexibility index (Phi) is 5.45. The third-order valence-electron chi connectivity index (χ3n) is 6.81. The molecular weight excluding hydrogens is 360 g/mol. The fourth-order valence-electron chi connectivity index (χ4n) is 5.20. The second-order valence-electron chi connectivity index (χ2n) is 8.39. The van der Waals surface area contributed by atoms with Gasteiger partial charge in [0.05, 0.1) is 5.41 Å². The van der Waals surface area contributed by atoms with E-state index >= 15 is 0 Å². The zero-order valence-corrected chi connectivity index (χ0v) is 16.7. The van der Waals surface area contributed by atoms with Crippen molar-refractivity contribution >= 4 is 23.4 Å². The molecule has 1 aromatic carbocycles. The summed E-state index contributed by atoms with van der Waals surface area (Å²) in [5.74, 6) is 0.671. The molecule has 5 heteroatoms. The number of rotatable bonds is 3. The van der Waals surface area contributed by atoms with Crippen LogP contribution in [0.4, 0.5) is 0 Å². The topological polar surface area (TPSA) is 40.6 Å². The summed E-state index contributed by atoms with van der Waals surface area (Å²) < 4.78 is 0. The molecule has 0 bridgehead atoms. The third kappa shape index (κ3) is 3.61. The van der Waals surface area contributed by atoms with Crippen LogP contribution in [-0.2, 0) is 15.0 Å². The van der Waals surface area contributed by atoms with Gasteiger partial charge in [0.1, 0.15) is 0 Å². The first kappa shape index (κ1) is 18.8. The molecule has 4 rings (SSSR count). The first-order valence-corrected chi connectivity index (χ1v) is 10.8. The van der Waals surface area contributed by atoms with Gasteiger partial charge >= 0.3 is 0 Å². The fraction of sp³-hybridized carbons (Fsp3) is 0.636. The van der Waals surface area contributed by atoms with Gasteiger partial charge in [-0.1, -0.05) is 36.6 Å². The third-order valence-corrected chi connectivity index (χ3v) is 7.06. The summed E-state index contributed by atoms with van der Waals surface area (Å²) in [4.78, 5) is 30.2. The Morgan fingerprint density at radius 1 is 0.852 bits per heavy atom. The molecule has 0 aromatic heterocycles. The summed E-state index contributed by atoms with van der Waals surface area (Å²) in [5.41, 5.74) is 0.709. The highest BCUT2D eigenvalue weighted by molar-refractivity contribution is 6.30. The van der Waals surface area contributed by atoms with Crippen molar-refractivity contribution in [1.29, 1.82) is 0 Å². The monoisotopic (exact) mass is 388 g/mol. The molecule has 1 saturated carbocycles. The number of carbonyl (C=O) groups is 2. The van der Waals surface area contributed by atoms with Crippen molar-refractivity contribution in [1.82, 2.24) is 9.80 Å². The molecule has 0 N–H and O–H groups in total. The van der Waals surface area contributed by atoms with Crippen LogP contribution in [0, 0.1) is 5.92 Å². The van der Waals surface area contributed by atoms with Gasteiger partial charge in [0.15, 0.2) is 0 Å². The zero-order valence-electron chi connectivity index (χ0n) is 16.0. The first-order valence-electron chi connectivity index (χ1n) is 10.4. The van der Waals surface area contributed by atoms with Crippen LogP contribution in [0.1, 0.15) is 56.9 Å². The maximum absolute atomic E-state index is 13.5. The van der Waals surface area contributed by atoms with E-state index in [0.717, 1.165) is 70.0 Å². The Morgan fingerprint density at radius 3 is 2.04 bits per heavy atom.